The van der Waals surface area contributed by atoms with E-state index in [1.54, 1.807) is 26.4 Å². The average Bonchev–Trinajstić information content (AvgIpc) is 2.50. The van der Waals surface area contributed by atoms with E-state index in [1.165, 1.54) is 0 Å². The van der Waals surface area contributed by atoms with Crippen molar-refractivity contribution in [2.45, 2.75) is 58.2 Å². The number of ether oxygens (including phenoxy) is 3. The third-order valence-electron chi connectivity index (χ3n) is 4.23. The van der Waals surface area contributed by atoms with Crippen molar-refractivity contribution >= 4 is 12.0 Å². The molecule has 0 unspecified atom stereocenters. The monoisotopic (exact) mass is 364 g/mol. The van der Waals surface area contributed by atoms with E-state index < -0.39 is 11.7 Å². The van der Waals surface area contributed by atoms with Crippen LogP contribution >= 0.6 is 0 Å². The number of amides is 2. The molecule has 2 rings (SSSR count). The van der Waals surface area contributed by atoms with Crippen molar-refractivity contribution in [3.8, 4) is 11.5 Å². The van der Waals surface area contributed by atoms with E-state index in [-0.39, 0.29) is 18.0 Å². The zero-order valence-electron chi connectivity index (χ0n) is 16.3. The van der Waals surface area contributed by atoms with Gasteiger partial charge in [0.15, 0.2) is 11.5 Å². The molecule has 0 heterocycles. The van der Waals surface area contributed by atoms with Crippen molar-refractivity contribution in [3.63, 3.8) is 0 Å². The molecule has 1 saturated carbocycles. The van der Waals surface area contributed by atoms with Gasteiger partial charge in [0.25, 0.3) is 5.91 Å². The zero-order chi connectivity index (χ0) is 19.5. The van der Waals surface area contributed by atoms with Gasteiger partial charge in [-0.3, -0.25) is 4.79 Å². The molecule has 0 aliphatic heterocycles. The molecule has 1 aromatic rings. The predicted octanol–water partition coefficient (Wildman–Crippen LogP) is 2.80. The topological polar surface area (TPSA) is 85.9 Å². The van der Waals surface area contributed by atoms with Crippen LogP contribution in [0.2, 0.25) is 0 Å². The number of nitrogens with one attached hydrogen (secondary N) is 2. The molecule has 7 heteroatoms. The highest BCUT2D eigenvalue weighted by Crippen LogP contribution is 2.33. The summed E-state index contributed by atoms with van der Waals surface area (Å²) in [5.41, 5.74) is 0.755. The number of benzene rings is 1. The second-order valence-corrected chi connectivity index (χ2v) is 7.46. The van der Waals surface area contributed by atoms with Gasteiger partial charge in [-0.05, 0) is 52.7 Å². The summed E-state index contributed by atoms with van der Waals surface area (Å²) >= 11 is 0. The molecule has 1 aliphatic carbocycles. The lowest BCUT2D eigenvalue weighted by molar-refractivity contribution is 0.0465. The number of rotatable bonds is 5. The van der Waals surface area contributed by atoms with E-state index in [9.17, 15) is 9.59 Å². The molecule has 1 fully saturated rings. The molecule has 144 valence electrons. The van der Waals surface area contributed by atoms with Gasteiger partial charge in [-0.25, -0.2) is 4.79 Å². The second kappa shape index (κ2) is 7.85. The first kappa shape index (κ1) is 19.9. The third kappa shape index (κ3) is 4.80. The summed E-state index contributed by atoms with van der Waals surface area (Å²) < 4.78 is 15.8. The van der Waals surface area contributed by atoms with Crippen molar-refractivity contribution in [2.75, 3.05) is 14.2 Å². The molecule has 7 nitrogen and oxygen atoms in total. The van der Waals surface area contributed by atoms with E-state index in [0.717, 1.165) is 5.56 Å². The molecule has 0 radical (unpaired) electrons. The van der Waals surface area contributed by atoms with E-state index in [2.05, 4.69) is 10.6 Å². The van der Waals surface area contributed by atoms with Crippen LogP contribution in [0.1, 0.15) is 49.5 Å². The minimum Gasteiger partial charge on any atom is -0.493 e. The van der Waals surface area contributed by atoms with Crippen molar-refractivity contribution < 1.29 is 23.8 Å². The van der Waals surface area contributed by atoms with Gasteiger partial charge >= 0.3 is 6.09 Å². The van der Waals surface area contributed by atoms with Crippen LogP contribution in [-0.2, 0) is 4.74 Å². The smallest absolute Gasteiger partial charge is 0.407 e. The zero-order valence-corrected chi connectivity index (χ0v) is 16.3. The van der Waals surface area contributed by atoms with E-state index in [4.69, 9.17) is 14.2 Å². The van der Waals surface area contributed by atoms with Gasteiger partial charge in [-0.2, -0.15) is 0 Å². The Labute approximate surface area is 154 Å². The molecule has 0 atom stereocenters. The first-order chi connectivity index (χ1) is 12.1. The van der Waals surface area contributed by atoms with Gasteiger partial charge in [0, 0.05) is 23.2 Å². The summed E-state index contributed by atoms with van der Waals surface area (Å²) in [4.78, 5) is 24.3. The maximum Gasteiger partial charge on any atom is 0.407 e. The highest BCUT2D eigenvalue weighted by atomic mass is 16.6. The fourth-order valence-electron chi connectivity index (χ4n) is 2.92. The Bertz CT molecular complexity index is 675. The molecule has 26 heavy (non-hydrogen) atoms. The maximum absolute atomic E-state index is 12.5. The Morgan fingerprint density at radius 3 is 2.19 bits per heavy atom. The highest BCUT2D eigenvalue weighted by Gasteiger charge is 2.33. The Kier molecular flexibility index (Phi) is 6.00. The van der Waals surface area contributed by atoms with Gasteiger partial charge in [0.2, 0.25) is 0 Å². The van der Waals surface area contributed by atoms with Gasteiger partial charge in [-0.1, -0.05) is 0 Å². The van der Waals surface area contributed by atoms with Crippen LogP contribution in [0.4, 0.5) is 4.79 Å². The van der Waals surface area contributed by atoms with E-state index in [1.807, 2.05) is 27.7 Å². The lowest BCUT2D eigenvalue weighted by Gasteiger charge is -2.36. The SMILES string of the molecule is COc1ccc(C(=O)NC2CC(NC(=O)OC(C)(C)C)C2)c(C)c1OC. The lowest BCUT2D eigenvalue weighted by atomic mass is 9.86. The molecule has 1 aromatic carbocycles. The van der Waals surface area contributed by atoms with Crippen LogP contribution in [0.3, 0.4) is 0 Å². The van der Waals surface area contributed by atoms with Crippen LogP contribution < -0.4 is 20.1 Å². The van der Waals surface area contributed by atoms with E-state index >= 15 is 0 Å². The molecule has 0 spiro atoms. The Balaban J connectivity index is 1.88. The number of hydrogen-bond donors (Lipinski definition) is 2. The highest BCUT2D eigenvalue weighted by molar-refractivity contribution is 5.97. The van der Waals surface area contributed by atoms with Crippen molar-refractivity contribution in [1.82, 2.24) is 10.6 Å². The Morgan fingerprint density at radius 2 is 1.65 bits per heavy atom. The quantitative estimate of drug-likeness (QED) is 0.839. The normalized spacial score (nSPS) is 19.2. The molecule has 0 aromatic heterocycles. The fourth-order valence-corrected chi connectivity index (χ4v) is 2.92. The van der Waals surface area contributed by atoms with Gasteiger partial charge < -0.3 is 24.8 Å². The summed E-state index contributed by atoms with van der Waals surface area (Å²) in [5, 5.41) is 5.80. The van der Waals surface area contributed by atoms with Crippen LogP contribution in [0.5, 0.6) is 11.5 Å². The van der Waals surface area contributed by atoms with Crippen LogP contribution in [0, 0.1) is 6.92 Å². The number of carbonyl (C=O) groups is 2. The predicted molar refractivity (Wildman–Crippen MR) is 97.9 cm³/mol. The second-order valence-electron chi connectivity index (χ2n) is 7.46. The molecule has 2 N–H and O–H groups in total. The molecule has 0 bridgehead atoms. The summed E-state index contributed by atoms with van der Waals surface area (Å²) in [6, 6.07) is 3.48. The number of methoxy groups -OCH3 is 2. The number of alkyl carbamates (subject to hydrolysis) is 1. The molecular formula is C19H28N2O5. The lowest BCUT2D eigenvalue weighted by Crippen LogP contribution is -2.54. The van der Waals surface area contributed by atoms with Crippen LogP contribution in [0.15, 0.2) is 12.1 Å². The molecule has 0 saturated heterocycles. The maximum atomic E-state index is 12.5. The minimum absolute atomic E-state index is 0.0154. The van der Waals surface area contributed by atoms with Crippen LogP contribution in [0.25, 0.3) is 0 Å². The van der Waals surface area contributed by atoms with Crippen molar-refractivity contribution in [3.05, 3.63) is 23.3 Å². The first-order valence-corrected chi connectivity index (χ1v) is 8.66. The van der Waals surface area contributed by atoms with Gasteiger partial charge in [-0.15, -0.1) is 0 Å². The molecule has 2 amide bonds. The Morgan fingerprint density at radius 1 is 1.04 bits per heavy atom. The fraction of sp³-hybridized carbons (Fsp3) is 0.579. The average molecular weight is 364 g/mol. The van der Waals surface area contributed by atoms with Crippen molar-refractivity contribution in [2.24, 2.45) is 0 Å². The third-order valence-corrected chi connectivity index (χ3v) is 4.23. The number of hydrogen-bond acceptors (Lipinski definition) is 5. The largest absolute Gasteiger partial charge is 0.493 e. The van der Waals surface area contributed by atoms with Gasteiger partial charge in [0.1, 0.15) is 5.60 Å². The van der Waals surface area contributed by atoms with E-state index in [0.29, 0.717) is 29.9 Å². The molecular weight excluding hydrogens is 336 g/mol. The number of carbonyl (C=O) groups excluding carboxylic acids is 2. The standard InChI is InChI=1S/C19H28N2O5/c1-11-14(7-8-15(24-5)16(11)25-6)17(22)20-12-9-13(10-12)21-18(23)26-19(2,3)4/h7-8,12-13H,9-10H2,1-6H3,(H,20,22)(H,21,23). The van der Waals surface area contributed by atoms with Crippen LogP contribution in [-0.4, -0.2) is 43.9 Å². The first-order valence-electron chi connectivity index (χ1n) is 8.66. The van der Waals surface area contributed by atoms with Gasteiger partial charge in [0.05, 0.1) is 14.2 Å². The van der Waals surface area contributed by atoms with Crippen molar-refractivity contribution in [1.29, 1.82) is 0 Å². The summed E-state index contributed by atoms with van der Waals surface area (Å²) in [6.07, 6.45) is 0.928. The minimum atomic E-state index is -0.521. The summed E-state index contributed by atoms with van der Waals surface area (Å²) in [6.45, 7) is 7.29. The summed E-state index contributed by atoms with van der Waals surface area (Å²) in [5.74, 6) is 0.981. The molecule has 1 aliphatic rings. The Hall–Kier alpha value is -2.44. The summed E-state index contributed by atoms with van der Waals surface area (Å²) in [7, 11) is 3.11.